The molecule has 0 aliphatic rings. The van der Waals surface area contributed by atoms with Crippen molar-refractivity contribution in [2.24, 2.45) is 11.8 Å². The first-order valence-corrected chi connectivity index (χ1v) is 7.68. The van der Waals surface area contributed by atoms with Crippen molar-refractivity contribution in [2.75, 3.05) is 6.54 Å². The third-order valence-corrected chi connectivity index (χ3v) is 3.29. The van der Waals surface area contributed by atoms with Crippen molar-refractivity contribution >= 4 is 16.7 Å². The summed E-state index contributed by atoms with van der Waals surface area (Å²) in [4.78, 5) is 24.9. The molecule has 2 rings (SSSR count). The molecule has 5 nitrogen and oxygen atoms in total. The normalized spacial score (nSPS) is 11.4. The van der Waals surface area contributed by atoms with Gasteiger partial charge in [-0.2, -0.15) is 5.10 Å². The van der Waals surface area contributed by atoms with Crippen LogP contribution in [0.4, 0.5) is 0 Å². The molecule has 1 aromatic heterocycles. The minimum Gasteiger partial charge on any atom is -0.350 e. The second-order valence-electron chi connectivity index (χ2n) is 6.38. The average Bonchev–Trinajstić information content (AvgIpc) is 2.47. The van der Waals surface area contributed by atoms with Crippen LogP contribution in [0, 0.1) is 11.8 Å². The Hall–Kier alpha value is -2.17. The fraction of sp³-hybridized carbons (Fsp3) is 0.471. The zero-order valence-corrected chi connectivity index (χ0v) is 13.6. The molecule has 0 unspecified atom stereocenters. The van der Waals surface area contributed by atoms with E-state index < -0.39 is 0 Å². The van der Waals surface area contributed by atoms with Crippen LogP contribution in [0.2, 0.25) is 0 Å². The molecule has 1 heterocycles. The van der Waals surface area contributed by atoms with Gasteiger partial charge in [-0.3, -0.25) is 9.59 Å². The molecular formula is C17H23N3O2. The SMILES string of the molecule is CC(C)CNC(=O)c1nn(CC(C)C)c(=O)c2ccccc12. The molecule has 0 atom stereocenters. The number of nitrogens with one attached hydrogen (secondary N) is 1. The van der Waals surface area contributed by atoms with E-state index in [2.05, 4.69) is 10.4 Å². The summed E-state index contributed by atoms with van der Waals surface area (Å²) in [6.07, 6.45) is 0. The molecule has 1 amide bonds. The maximum atomic E-state index is 12.5. The molecule has 2 aromatic rings. The van der Waals surface area contributed by atoms with Gasteiger partial charge in [-0.05, 0) is 17.9 Å². The molecule has 0 spiro atoms. The Labute approximate surface area is 130 Å². The minimum absolute atomic E-state index is 0.148. The van der Waals surface area contributed by atoms with E-state index in [-0.39, 0.29) is 17.4 Å². The molecule has 22 heavy (non-hydrogen) atoms. The Kier molecular flexibility index (Phi) is 4.96. The van der Waals surface area contributed by atoms with Crippen LogP contribution in [-0.4, -0.2) is 22.2 Å². The lowest BCUT2D eigenvalue weighted by atomic mass is 10.1. The smallest absolute Gasteiger partial charge is 0.274 e. The Bertz CT molecular complexity index is 732. The molecule has 5 heteroatoms. The van der Waals surface area contributed by atoms with Crippen LogP contribution in [0.5, 0.6) is 0 Å². The van der Waals surface area contributed by atoms with Crippen LogP contribution < -0.4 is 10.9 Å². The van der Waals surface area contributed by atoms with Gasteiger partial charge in [-0.25, -0.2) is 4.68 Å². The largest absolute Gasteiger partial charge is 0.350 e. The second-order valence-corrected chi connectivity index (χ2v) is 6.38. The zero-order valence-electron chi connectivity index (χ0n) is 13.6. The molecular weight excluding hydrogens is 278 g/mol. The van der Waals surface area contributed by atoms with Crippen molar-refractivity contribution in [3.8, 4) is 0 Å². The van der Waals surface area contributed by atoms with Gasteiger partial charge in [0, 0.05) is 18.5 Å². The van der Waals surface area contributed by atoms with Crippen molar-refractivity contribution in [3.05, 3.63) is 40.3 Å². The molecule has 0 saturated carbocycles. The summed E-state index contributed by atoms with van der Waals surface area (Å²) in [6, 6.07) is 7.14. The predicted octanol–water partition coefficient (Wildman–Crippen LogP) is 2.44. The fourth-order valence-corrected chi connectivity index (χ4v) is 2.25. The van der Waals surface area contributed by atoms with Crippen molar-refractivity contribution < 1.29 is 4.79 Å². The van der Waals surface area contributed by atoms with E-state index in [4.69, 9.17) is 0 Å². The number of rotatable bonds is 5. The van der Waals surface area contributed by atoms with Gasteiger partial charge in [0.05, 0.1) is 5.39 Å². The summed E-state index contributed by atoms with van der Waals surface area (Å²) >= 11 is 0. The molecule has 0 bridgehead atoms. The predicted molar refractivity (Wildman–Crippen MR) is 88.0 cm³/mol. The highest BCUT2D eigenvalue weighted by molar-refractivity contribution is 6.04. The number of carbonyl (C=O) groups excluding carboxylic acids is 1. The van der Waals surface area contributed by atoms with Gasteiger partial charge in [0.15, 0.2) is 5.69 Å². The first-order valence-electron chi connectivity index (χ1n) is 7.68. The van der Waals surface area contributed by atoms with E-state index in [1.54, 1.807) is 18.2 Å². The van der Waals surface area contributed by atoms with E-state index >= 15 is 0 Å². The first-order chi connectivity index (χ1) is 10.4. The molecule has 0 aliphatic heterocycles. The summed E-state index contributed by atoms with van der Waals surface area (Å²) in [5.41, 5.74) is 0.168. The van der Waals surface area contributed by atoms with Gasteiger partial charge >= 0.3 is 0 Å². The first kappa shape index (κ1) is 16.2. The zero-order chi connectivity index (χ0) is 16.3. The van der Waals surface area contributed by atoms with Gasteiger partial charge < -0.3 is 5.32 Å². The molecule has 0 saturated heterocycles. The number of carbonyl (C=O) groups is 1. The molecule has 1 N–H and O–H groups in total. The molecule has 0 fully saturated rings. The highest BCUT2D eigenvalue weighted by Crippen LogP contribution is 2.13. The summed E-state index contributed by atoms with van der Waals surface area (Å²) in [5.74, 6) is 0.400. The lowest BCUT2D eigenvalue weighted by Gasteiger charge is -2.13. The number of amides is 1. The maximum Gasteiger partial charge on any atom is 0.274 e. The summed E-state index contributed by atoms with van der Waals surface area (Å²) in [7, 11) is 0. The van der Waals surface area contributed by atoms with E-state index in [1.807, 2.05) is 33.8 Å². The van der Waals surface area contributed by atoms with Gasteiger partial charge in [0.1, 0.15) is 0 Å². The second kappa shape index (κ2) is 6.73. The van der Waals surface area contributed by atoms with Crippen LogP contribution in [0.25, 0.3) is 10.8 Å². The summed E-state index contributed by atoms with van der Waals surface area (Å²) in [6.45, 7) is 9.17. The lowest BCUT2D eigenvalue weighted by molar-refractivity contribution is 0.0943. The van der Waals surface area contributed by atoms with E-state index in [1.165, 1.54) is 4.68 Å². The molecule has 1 aromatic carbocycles. The standard InChI is InChI=1S/C17H23N3O2/c1-11(2)9-18-16(21)15-13-7-5-6-8-14(13)17(22)20(19-15)10-12(3)4/h5-8,11-12H,9-10H2,1-4H3,(H,18,21). The van der Waals surface area contributed by atoms with E-state index in [9.17, 15) is 9.59 Å². The monoisotopic (exact) mass is 301 g/mol. The molecule has 0 radical (unpaired) electrons. The van der Waals surface area contributed by atoms with Crippen LogP contribution in [0.1, 0.15) is 38.2 Å². The van der Waals surface area contributed by atoms with E-state index in [0.29, 0.717) is 35.5 Å². The van der Waals surface area contributed by atoms with Crippen molar-refractivity contribution in [3.63, 3.8) is 0 Å². The lowest BCUT2D eigenvalue weighted by Crippen LogP contribution is -2.33. The Morgan fingerprint density at radius 2 is 1.77 bits per heavy atom. The number of hydrogen-bond acceptors (Lipinski definition) is 3. The van der Waals surface area contributed by atoms with Crippen LogP contribution in [0.3, 0.4) is 0 Å². The summed E-state index contributed by atoms with van der Waals surface area (Å²) < 4.78 is 1.40. The van der Waals surface area contributed by atoms with Crippen molar-refractivity contribution in [2.45, 2.75) is 34.2 Å². The fourth-order valence-electron chi connectivity index (χ4n) is 2.25. The Morgan fingerprint density at radius 3 is 2.36 bits per heavy atom. The van der Waals surface area contributed by atoms with Crippen LogP contribution in [0.15, 0.2) is 29.1 Å². The van der Waals surface area contributed by atoms with Crippen LogP contribution >= 0.6 is 0 Å². The summed E-state index contributed by atoms with van der Waals surface area (Å²) in [5, 5.41) is 8.32. The van der Waals surface area contributed by atoms with Crippen LogP contribution in [-0.2, 0) is 6.54 Å². The molecule has 0 aliphatic carbocycles. The number of benzene rings is 1. The highest BCUT2D eigenvalue weighted by atomic mass is 16.2. The van der Waals surface area contributed by atoms with Crippen molar-refractivity contribution in [1.29, 1.82) is 0 Å². The maximum absolute atomic E-state index is 12.5. The number of aromatic nitrogens is 2. The van der Waals surface area contributed by atoms with Gasteiger partial charge in [0.25, 0.3) is 11.5 Å². The quantitative estimate of drug-likeness (QED) is 0.922. The minimum atomic E-state index is -0.234. The van der Waals surface area contributed by atoms with Gasteiger partial charge in [0.2, 0.25) is 0 Å². The van der Waals surface area contributed by atoms with Gasteiger partial charge in [-0.15, -0.1) is 0 Å². The average molecular weight is 301 g/mol. The Morgan fingerprint density at radius 1 is 1.14 bits per heavy atom. The molecule has 118 valence electrons. The topological polar surface area (TPSA) is 64.0 Å². The number of fused-ring (bicyclic) bond motifs is 1. The third-order valence-electron chi connectivity index (χ3n) is 3.29. The number of hydrogen-bond donors (Lipinski definition) is 1. The third kappa shape index (κ3) is 3.53. The van der Waals surface area contributed by atoms with E-state index in [0.717, 1.165) is 0 Å². The highest BCUT2D eigenvalue weighted by Gasteiger charge is 2.17. The number of nitrogens with zero attached hydrogens (tertiary/aromatic N) is 2. The van der Waals surface area contributed by atoms with Crippen molar-refractivity contribution in [1.82, 2.24) is 15.1 Å². The Balaban J connectivity index is 2.54. The van der Waals surface area contributed by atoms with Gasteiger partial charge in [-0.1, -0.05) is 45.9 Å².